The van der Waals surface area contributed by atoms with Gasteiger partial charge in [0.25, 0.3) is 11.8 Å². The Kier molecular flexibility index (Phi) is 6.26. The lowest BCUT2D eigenvalue weighted by Gasteiger charge is -2.21. The van der Waals surface area contributed by atoms with Crippen LogP contribution in [-0.4, -0.2) is 32.1 Å². The van der Waals surface area contributed by atoms with Gasteiger partial charge >= 0.3 is 0 Å². The minimum atomic E-state index is -0.392. The van der Waals surface area contributed by atoms with Crippen LogP contribution in [0.25, 0.3) is 0 Å². The minimum Gasteiger partial charge on any atom is -0.493 e. The van der Waals surface area contributed by atoms with E-state index in [0.29, 0.717) is 47.3 Å². The molecule has 0 spiro atoms. The highest BCUT2D eigenvalue weighted by atomic mass is 16.6. The molecule has 0 fully saturated rings. The number of amides is 2. The number of ether oxygens (including phenoxy) is 3. The molecule has 4 rings (SSSR count). The Hall–Kier alpha value is -4.00. The zero-order valence-corrected chi connectivity index (χ0v) is 17.9. The zero-order valence-electron chi connectivity index (χ0n) is 17.9. The van der Waals surface area contributed by atoms with Gasteiger partial charge in [0, 0.05) is 5.56 Å². The largest absolute Gasteiger partial charge is 0.493 e. The highest BCUT2D eigenvalue weighted by molar-refractivity contribution is 6.09. The molecule has 0 radical (unpaired) electrons. The molecular weight excluding hydrogens is 408 g/mol. The second kappa shape index (κ2) is 9.43. The first-order chi connectivity index (χ1) is 15.6. The Balaban J connectivity index is 1.54. The smallest absolute Gasteiger partial charge is 0.255 e. The van der Waals surface area contributed by atoms with Crippen molar-refractivity contribution in [3.8, 4) is 17.2 Å². The van der Waals surface area contributed by atoms with E-state index in [1.165, 1.54) is 7.11 Å². The molecule has 0 aromatic heterocycles. The lowest BCUT2D eigenvalue weighted by molar-refractivity contribution is 0.0940. The van der Waals surface area contributed by atoms with Gasteiger partial charge in [-0.05, 0) is 36.8 Å². The molecular formula is C25H24N2O5. The van der Waals surface area contributed by atoms with E-state index in [-0.39, 0.29) is 11.9 Å². The number of fused-ring (bicyclic) bond motifs is 1. The second-order valence-electron chi connectivity index (χ2n) is 7.31. The van der Waals surface area contributed by atoms with Crippen LogP contribution in [-0.2, 0) is 0 Å². The third-order valence-corrected chi connectivity index (χ3v) is 5.16. The molecule has 2 amide bonds. The minimum absolute atomic E-state index is 0.186. The maximum Gasteiger partial charge on any atom is 0.255 e. The van der Waals surface area contributed by atoms with E-state index < -0.39 is 5.91 Å². The van der Waals surface area contributed by atoms with Gasteiger partial charge in [-0.3, -0.25) is 9.59 Å². The topological polar surface area (TPSA) is 85.9 Å². The molecule has 0 bridgehead atoms. The number of nitrogens with one attached hydrogen (secondary N) is 2. The van der Waals surface area contributed by atoms with Crippen molar-refractivity contribution >= 4 is 17.5 Å². The van der Waals surface area contributed by atoms with Crippen molar-refractivity contribution in [1.82, 2.24) is 5.32 Å². The summed E-state index contributed by atoms with van der Waals surface area (Å²) < 4.78 is 16.5. The maximum absolute atomic E-state index is 13.0. The fourth-order valence-corrected chi connectivity index (χ4v) is 3.49. The fourth-order valence-electron chi connectivity index (χ4n) is 3.49. The van der Waals surface area contributed by atoms with E-state index in [1.807, 2.05) is 37.3 Å². The molecule has 0 saturated heterocycles. The average Bonchev–Trinajstić information content (AvgIpc) is 2.84. The summed E-state index contributed by atoms with van der Waals surface area (Å²) >= 11 is 0. The molecule has 1 aliphatic heterocycles. The van der Waals surface area contributed by atoms with Crippen LogP contribution in [0.15, 0.2) is 66.7 Å². The molecule has 32 heavy (non-hydrogen) atoms. The van der Waals surface area contributed by atoms with E-state index in [9.17, 15) is 9.59 Å². The van der Waals surface area contributed by atoms with Crippen LogP contribution in [0.3, 0.4) is 0 Å². The normalized spacial score (nSPS) is 13.1. The summed E-state index contributed by atoms with van der Waals surface area (Å²) in [5.74, 6) is 0.664. The number of methoxy groups -OCH3 is 1. The van der Waals surface area contributed by atoms with Crippen molar-refractivity contribution < 1.29 is 23.8 Å². The monoisotopic (exact) mass is 432 g/mol. The van der Waals surface area contributed by atoms with Gasteiger partial charge in [-0.2, -0.15) is 0 Å². The van der Waals surface area contributed by atoms with Crippen LogP contribution in [0.2, 0.25) is 0 Å². The molecule has 7 heteroatoms. The highest BCUT2D eigenvalue weighted by Crippen LogP contribution is 2.40. The zero-order chi connectivity index (χ0) is 22.5. The average molecular weight is 432 g/mol. The molecule has 7 nitrogen and oxygen atoms in total. The summed E-state index contributed by atoms with van der Waals surface area (Å²) in [6, 6.07) is 19.6. The van der Waals surface area contributed by atoms with E-state index in [4.69, 9.17) is 14.2 Å². The summed E-state index contributed by atoms with van der Waals surface area (Å²) in [4.78, 5) is 25.9. The molecule has 1 aliphatic rings. The Bertz CT molecular complexity index is 1110. The van der Waals surface area contributed by atoms with Crippen molar-refractivity contribution in [1.29, 1.82) is 0 Å². The van der Waals surface area contributed by atoms with Gasteiger partial charge in [0.2, 0.25) is 5.75 Å². The number of carbonyl (C=O) groups excluding carboxylic acids is 2. The summed E-state index contributed by atoms with van der Waals surface area (Å²) in [7, 11) is 1.50. The molecule has 1 unspecified atom stereocenters. The Morgan fingerprint density at radius 2 is 1.66 bits per heavy atom. The van der Waals surface area contributed by atoms with Crippen molar-refractivity contribution in [3.63, 3.8) is 0 Å². The van der Waals surface area contributed by atoms with Gasteiger partial charge < -0.3 is 24.8 Å². The highest BCUT2D eigenvalue weighted by Gasteiger charge is 2.22. The standard InChI is InChI=1S/C25H24N2O5/c1-16(17-8-4-3-5-9-17)26-25(29)19-10-6-7-11-20(19)27-24(28)18-14-21(30-2)23-22(15-18)31-12-13-32-23/h3-11,14-16H,12-13H2,1-2H3,(H,26,29)(H,27,28). The van der Waals surface area contributed by atoms with Gasteiger partial charge in [0.1, 0.15) is 13.2 Å². The number of hydrogen-bond acceptors (Lipinski definition) is 5. The van der Waals surface area contributed by atoms with E-state index in [0.717, 1.165) is 5.56 Å². The van der Waals surface area contributed by atoms with Crippen LogP contribution >= 0.6 is 0 Å². The number of hydrogen-bond donors (Lipinski definition) is 2. The van der Waals surface area contributed by atoms with Crippen molar-refractivity contribution in [3.05, 3.63) is 83.4 Å². The molecule has 3 aromatic carbocycles. The molecule has 2 N–H and O–H groups in total. The fraction of sp³-hybridized carbons (Fsp3) is 0.200. The Morgan fingerprint density at radius 1 is 0.938 bits per heavy atom. The SMILES string of the molecule is COc1cc(C(=O)Nc2ccccc2C(=O)NC(C)c2ccccc2)cc2c1OCCO2. The molecule has 164 valence electrons. The quantitative estimate of drug-likeness (QED) is 0.610. The van der Waals surface area contributed by atoms with Crippen LogP contribution in [0, 0.1) is 0 Å². The van der Waals surface area contributed by atoms with Crippen LogP contribution in [0.5, 0.6) is 17.2 Å². The lowest BCUT2D eigenvalue weighted by atomic mass is 10.1. The third kappa shape index (κ3) is 4.51. The molecule has 1 heterocycles. The first kappa shape index (κ1) is 21.2. The molecule has 1 atom stereocenters. The first-order valence-corrected chi connectivity index (χ1v) is 10.3. The predicted octanol–water partition coefficient (Wildman–Crippen LogP) is 4.21. The van der Waals surface area contributed by atoms with Crippen molar-refractivity contribution in [2.75, 3.05) is 25.6 Å². The Labute approximate surface area is 186 Å². The number of rotatable bonds is 6. The molecule has 0 aliphatic carbocycles. The third-order valence-electron chi connectivity index (χ3n) is 5.16. The predicted molar refractivity (Wildman–Crippen MR) is 121 cm³/mol. The first-order valence-electron chi connectivity index (χ1n) is 10.3. The van der Waals surface area contributed by atoms with Crippen LogP contribution < -0.4 is 24.8 Å². The number of anilines is 1. The summed E-state index contributed by atoms with van der Waals surface area (Å²) in [5.41, 5.74) is 2.10. The Morgan fingerprint density at radius 3 is 2.44 bits per heavy atom. The van der Waals surface area contributed by atoms with E-state index in [1.54, 1.807) is 36.4 Å². The number of para-hydroxylation sites is 1. The molecule has 3 aromatic rings. The van der Waals surface area contributed by atoms with Gasteiger partial charge in [-0.1, -0.05) is 42.5 Å². The number of benzene rings is 3. The van der Waals surface area contributed by atoms with Gasteiger partial charge in [-0.25, -0.2) is 0 Å². The second-order valence-corrected chi connectivity index (χ2v) is 7.31. The van der Waals surface area contributed by atoms with Crippen LogP contribution in [0.1, 0.15) is 39.2 Å². The lowest BCUT2D eigenvalue weighted by Crippen LogP contribution is -2.28. The van der Waals surface area contributed by atoms with Crippen molar-refractivity contribution in [2.45, 2.75) is 13.0 Å². The van der Waals surface area contributed by atoms with E-state index in [2.05, 4.69) is 10.6 Å². The van der Waals surface area contributed by atoms with E-state index >= 15 is 0 Å². The van der Waals surface area contributed by atoms with Gasteiger partial charge in [-0.15, -0.1) is 0 Å². The van der Waals surface area contributed by atoms with Gasteiger partial charge in [0.05, 0.1) is 24.4 Å². The van der Waals surface area contributed by atoms with Crippen molar-refractivity contribution in [2.24, 2.45) is 0 Å². The molecule has 0 saturated carbocycles. The number of carbonyl (C=O) groups is 2. The summed E-state index contributed by atoms with van der Waals surface area (Å²) in [6.07, 6.45) is 0. The summed E-state index contributed by atoms with van der Waals surface area (Å²) in [6.45, 7) is 2.72. The van der Waals surface area contributed by atoms with Gasteiger partial charge in [0.15, 0.2) is 11.5 Å². The maximum atomic E-state index is 13.0. The summed E-state index contributed by atoms with van der Waals surface area (Å²) in [5, 5.41) is 5.81. The van der Waals surface area contributed by atoms with Crippen LogP contribution in [0.4, 0.5) is 5.69 Å².